The van der Waals surface area contributed by atoms with Gasteiger partial charge in [0, 0.05) is 17.3 Å². The van der Waals surface area contributed by atoms with Gasteiger partial charge in [0.05, 0.1) is 18.2 Å². The molecular weight excluding hydrogens is 474 g/mol. The minimum Gasteiger partial charge on any atom is -0.507 e. The SMILES string of the molecule is CCOc1cccc(N2C(=O)C(=O)/C(=C(\O)c3ccc4c(c3)CCCC4)C2c2ccc(C(C)(C)C)cc2)c1. The van der Waals surface area contributed by atoms with Crippen LogP contribution >= 0.6 is 0 Å². The first kappa shape index (κ1) is 25.8. The molecule has 5 nitrogen and oxygen atoms in total. The molecule has 196 valence electrons. The molecule has 0 bridgehead atoms. The van der Waals surface area contributed by atoms with Crippen LogP contribution in [0.3, 0.4) is 0 Å². The number of hydrogen-bond acceptors (Lipinski definition) is 4. The average Bonchev–Trinajstić information content (AvgIpc) is 3.18. The lowest BCUT2D eigenvalue weighted by Crippen LogP contribution is -2.29. The molecule has 1 amide bonds. The van der Waals surface area contributed by atoms with Crippen molar-refractivity contribution in [2.45, 2.75) is 64.8 Å². The van der Waals surface area contributed by atoms with Crippen molar-refractivity contribution >= 4 is 23.1 Å². The fourth-order valence-electron chi connectivity index (χ4n) is 5.51. The van der Waals surface area contributed by atoms with E-state index in [1.54, 1.807) is 12.1 Å². The molecule has 38 heavy (non-hydrogen) atoms. The van der Waals surface area contributed by atoms with Crippen molar-refractivity contribution in [2.24, 2.45) is 0 Å². The monoisotopic (exact) mass is 509 g/mol. The van der Waals surface area contributed by atoms with Crippen LogP contribution in [0.1, 0.15) is 74.4 Å². The zero-order valence-corrected chi connectivity index (χ0v) is 22.6. The Hall–Kier alpha value is -3.86. The molecule has 0 saturated carbocycles. The summed E-state index contributed by atoms with van der Waals surface area (Å²) in [7, 11) is 0. The quantitative estimate of drug-likeness (QED) is 0.231. The first-order valence-electron chi connectivity index (χ1n) is 13.5. The van der Waals surface area contributed by atoms with E-state index in [2.05, 4.69) is 20.8 Å². The van der Waals surface area contributed by atoms with Crippen molar-refractivity contribution in [3.05, 3.63) is 100 Å². The number of aryl methyl sites for hydroxylation is 2. The van der Waals surface area contributed by atoms with E-state index in [9.17, 15) is 14.7 Å². The lowest BCUT2D eigenvalue weighted by molar-refractivity contribution is -0.132. The van der Waals surface area contributed by atoms with Gasteiger partial charge in [-0.2, -0.15) is 0 Å². The molecule has 1 aliphatic carbocycles. The van der Waals surface area contributed by atoms with E-state index in [1.165, 1.54) is 16.0 Å². The van der Waals surface area contributed by atoms with Gasteiger partial charge in [-0.15, -0.1) is 0 Å². The summed E-state index contributed by atoms with van der Waals surface area (Å²) in [6.45, 7) is 8.81. The molecule has 0 aromatic heterocycles. The summed E-state index contributed by atoms with van der Waals surface area (Å²) in [5.74, 6) is -0.872. The van der Waals surface area contributed by atoms with Gasteiger partial charge in [0.25, 0.3) is 11.7 Å². The van der Waals surface area contributed by atoms with Gasteiger partial charge < -0.3 is 9.84 Å². The number of aliphatic hydroxyl groups is 1. The second-order valence-corrected chi connectivity index (χ2v) is 11.2. The number of ether oxygens (including phenoxy) is 1. The number of carbonyl (C=O) groups is 2. The number of amides is 1. The topological polar surface area (TPSA) is 66.8 Å². The molecule has 1 atom stereocenters. The fraction of sp³-hybridized carbons (Fsp3) is 0.333. The molecule has 0 radical (unpaired) electrons. The Balaban J connectivity index is 1.67. The van der Waals surface area contributed by atoms with Gasteiger partial charge >= 0.3 is 0 Å². The van der Waals surface area contributed by atoms with Crippen LogP contribution in [-0.4, -0.2) is 23.4 Å². The van der Waals surface area contributed by atoms with E-state index in [1.807, 2.05) is 61.5 Å². The molecule has 5 heteroatoms. The second-order valence-electron chi connectivity index (χ2n) is 11.2. The van der Waals surface area contributed by atoms with Crippen LogP contribution in [0, 0.1) is 0 Å². The standard InChI is InChI=1S/C33H35NO4/c1-5-38-27-12-8-11-26(20-27)34-29(22-15-17-25(18-16-22)33(2,3)4)28(31(36)32(34)37)30(35)24-14-13-21-9-6-7-10-23(21)19-24/h8,11-20,29,35H,5-7,9-10H2,1-4H3/b30-28-. The van der Waals surface area contributed by atoms with Crippen molar-refractivity contribution in [2.75, 3.05) is 11.5 Å². The summed E-state index contributed by atoms with van der Waals surface area (Å²) in [4.78, 5) is 28.6. The highest BCUT2D eigenvalue weighted by molar-refractivity contribution is 6.51. The van der Waals surface area contributed by atoms with E-state index in [0.717, 1.165) is 36.8 Å². The molecule has 1 unspecified atom stereocenters. The third kappa shape index (κ3) is 4.73. The van der Waals surface area contributed by atoms with Crippen molar-refractivity contribution in [3.63, 3.8) is 0 Å². The van der Waals surface area contributed by atoms with Crippen LogP contribution < -0.4 is 9.64 Å². The minimum absolute atomic E-state index is 0.0463. The van der Waals surface area contributed by atoms with E-state index in [0.29, 0.717) is 23.6 Å². The van der Waals surface area contributed by atoms with Crippen LogP contribution in [0.5, 0.6) is 5.75 Å². The van der Waals surface area contributed by atoms with Gasteiger partial charge in [0.15, 0.2) is 0 Å². The van der Waals surface area contributed by atoms with Crippen molar-refractivity contribution in [3.8, 4) is 5.75 Å². The maximum Gasteiger partial charge on any atom is 0.300 e. The third-order valence-corrected chi connectivity index (χ3v) is 7.57. The van der Waals surface area contributed by atoms with E-state index in [4.69, 9.17) is 4.74 Å². The van der Waals surface area contributed by atoms with Gasteiger partial charge in [0.2, 0.25) is 0 Å². The summed E-state index contributed by atoms with van der Waals surface area (Å²) >= 11 is 0. The Morgan fingerprint density at radius 1 is 0.947 bits per heavy atom. The highest BCUT2D eigenvalue weighted by atomic mass is 16.5. The molecule has 1 N–H and O–H groups in total. The highest BCUT2D eigenvalue weighted by Gasteiger charge is 2.47. The van der Waals surface area contributed by atoms with Crippen LogP contribution in [0.4, 0.5) is 5.69 Å². The number of rotatable bonds is 5. The number of hydrogen-bond donors (Lipinski definition) is 1. The van der Waals surface area contributed by atoms with Crippen molar-refractivity contribution in [1.82, 2.24) is 0 Å². The van der Waals surface area contributed by atoms with Crippen LogP contribution in [0.15, 0.2) is 72.3 Å². The maximum atomic E-state index is 13.6. The van der Waals surface area contributed by atoms with Crippen LogP contribution in [0.25, 0.3) is 5.76 Å². The van der Waals surface area contributed by atoms with Gasteiger partial charge in [-0.3, -0.25) is 14.5 Å². The molecule has 1 aliphatic heterocycles. The maximum absolute atomic E-state index is 13.6. The molecular formula is C33H35NO4. The zero-order valence-electron chi connectivity index (χ0n) is 22.6. The van der Waals surface area contributed by atoms with E-state index < -0.39 is 17.7 Å². The Labute approximate surface area is 224 Å². The smallest absolute Gasteiger partial charge is 0.300 e. The molecule has 3 aromatic carbocycles. The number of aliphatic hydroxyl groups excluding tert-OH is 1. The fourth-order valence-corrected chi connectivity index (χ4v) is 5.51. The summed E-state index contributed by atoms with van der Waals surface area (Å²) in [5, 5.41) is 11.6. The van der Waals surface area contributed by atoms with Gasteiger partial charge in [-0.05, 0) is 78.5 Å². The number of carbonyl (C=O) groups excluding carboxylic acids is 2. The molecule has 0 spiro atoms. The number of nitrogens with zero attached hydrogens (tertiary/aromatic N) is 1. The largest absolute Gasteiger partial charge is 0.507 e. The Morgan fingerprint density at radius 3 is 2.34 bits per heavy atom. The Kier molecular flexibility index (Phi) is 6.87. The Bertz CT molecular complexity index is 1410. The van der Waals surface area contributed by atoms with Gasteiger partial charge in [0.1, 0.15) is 11.5 Å². The molecule has 1 saturated heterocycles. The number of ketones is 1. The molecule has 2 aliphatic rings. The predicted octanol–water partition coefficient (Wildman–Crippen LogP) is 6.89. The summed E-state index contributed by atoms with van der Waals surface area (Å²) < 4.78 is 5.67. The zero-order chi connectivity index (χ0) is 27.0. The van der Waals surface area contributed by atoms with E-state index >= 15 is 0 Å². The second kappa shape index (κ2) is 10.1. The number of anilines is 1. The van der Waals surface area contributed by atoms with E-state index in [-0.39, 0.29) is 16.7 Å². The summed E-state index contributed by atoms with van der Waals surface area (Å²) in [6.07, 6.45) is 4.25. The summed E-state index contributed by atoms with van der Waals surface area (Å²) in [6, 6.07) is 20.3. The summed E-state index contributed by atoms with van der Waals surface area (Å²) in [5.41, 5.74) is 5.58. The number of Topliss-reactive ketones (excluding diaryl/α,β-unsaturated/α-hetero) is 1. The molecule has 1 fully saturated rings. The Morgan fingerprint density at radius 2 is 1.66 bits per heavy atom. The first-order valence-corrected chi connectivity index (χ1v) is 13.5. The predicted molar refractivity (Wildman–Crippen MR) is 151 cm³/mol. The average molecular weight is 510 g/mol. The third-order valence-electron chi connectivity index (χ3n) is 7.57. The normalized spacial score (nSPS) is 18.9. The number of fused-ring (bicyclic) bond motifs is 1. The first-order chi connectivity index (χ1) is 18.2. The molecule has 1 heterocycles. The van der Waals surface area contributed by atoms with Gasteiger partial charge in [-0.25, -0.2) is 0 Å². The lowest BCUT2D eigenvalue weighted by Gasteiger charge is -2.27. The van der Waals surface area contributed by atoms with Crippen LogP contribution in [-0.2, 0) is 27.8 Å². The number of benzene rings is 3. The van der Waals surface area contributed by atoms with Gasteiger partial charge in [-0.1, -0.05) is 63.2 Å². The van der Waals surface area contributed by atoms with Crippen molar-refractivity contribution in [1.29, 1.82) is 0 Å². The lowest BCUT2D eigenvalue weighted by atomic mass is 9.85. The molecule has 5 rings (SSSR count). The minimum atomic E-state index is -0.767. The molecule has 3 aromatic rings. The highest BCUT2D eigenvalue weighted by Crippen LogP contribution is 2.43. The van der Waals surface area contributed by atoms with Crippen LogP contribution in [0.2, 0.25) is 0 Å². The van der Waals surface area contributed by atoms with Crippen molar-refractivity contribution < 1.29 is 19.4 Å².